The Bertz CT molecular complexity index is 397. The van der Waals surface area contributed by atoms with Gasteiger partial charge in [-0.1, -0.05) is 6.92 Å². The van der Waals surface area contributed by atoms with Crippen LogP contribution in [0.2, 0.25) is 0 Å². The summed E-state index contributed by atoms with van der Waals surface area (Å²) in [6, 6.07) is 1.99. The molecule has 1 aromatic heterocycles. The molecule has 1 saturated heterocycles. The van der Waals surface area contributed by atoms with Crippen LogP contribution in [0.3, 0.4) is 0 Å². The van der Waals surface area contributed by atoms with Crippen molar-refractivity contribution >= 4 is 29.7 Å². The number of amides is 1. The first-order chi connectivity index (χ1) is 8.22. The van der Waals surface area contributed by atoms with Crippen LogP contribution in [0.15, 0.2) is 11.4 Å². The summed E-state index contributed by atoms with van der Waals surface area (Å²) in [5.41, 5.74) is 1.09. The molecule has 6 heteroatoms. The van der Waals surface area contributed by atoms with Gasteiger partial charge >= 0.3 is 0 Å². The fourth-order valence-corrected chi connectivity index (χ4v) is 2.96. The van der Waals surface area contributed by atoms with Gasteiger partial charge in [0.15, 0.2) is 0 Å². The number of β-amino-alcohol motifs (C(OH)–C–C–N with tert-alkyl or cyclic N) is 1. The highest BCUT2D eigenvalue weighted by Crippen LogP contribution is 2.17. The molecule has 102 valence electrons. The third-order valence-corrected chi connectivity index (χ3v) is 4.12. The molecular weight excluding hydrogens is 272 g/mol. The molecule has 1 aliphatic rings. The van der Waals surface area contributed by atoms with Crippen LogP contribution in [0.4, 0.5) is 0 Å². The van der Waals surface area contributed by atoms with Crippen molar-refractivity contribution in [2.75, 3.05) is 19.6 Å². The first kappa shape index (κ1) is 15.4. The third-order valence-electron chi connectivity index (χ3n) is 3.16. The quantitative estimate of drug-likeness (QED) is 0.777. The minimum atomic E-state index is -0.343. The molecule has 3 N–H and O–H groups in total. The second kappa shape index (κ2) is 7.09. The Labute approximate surface area is 117 Å². The zero-order chi connectivity index (χ0) is 12.3. The average molecular weight is 291 g/mol. The van der Waals surface area contributed by atoms with E-state index in [4.69, 9.17) is 0 Å². The Morgan fingerprint density at radius 1 is 1.61 bits per heavy atom. The van der Waals surface area contributed by atoms with Crippen LogP contribution in [-0.4, -0.2) is 36.8 Å². The number of aliphatic hydroxyl groups excluding tert-OH is 1. The van der Waals surface area contributed by atoms with E-state index in [1.165, 1.54) is 11.3 Å². The molecule has 0 spiro atoms. The third kappa shape index (κ3) is 3.45. The number of hydrogen-bond donors (Lipinski definition) is 3. The Kier molecular flexibility index (Phi) is 6.08. The van der Waals surface area contributed by atoms with Gasteiger partial charge in [0.05, 0.1) is 11.0 Å². The maximum Gasteiger partial charge on any atom is 0.261 e. The molecule has 1 aliphatic heterocycles. The van der Waals surface area contributed by atoms with Crippen molar-refractivity contribution in [2.45, 2.75) is 19.4 Å². The van der Waals surface area contributed by atoms with Gasteiger partial charge in [-0.2, -0.15) is 0 Å². The van der Waals surface area contributed by atoms with Crippen molar-refractivity contribution in [3.05, 3.63) is 21.9 Å². The molecule has 2 atom stereocenters. The lowest BCUT2D eigenvalue weighted by atomic mass is 10.1. The molecule has 0 bridgehead atoms. The van der Waals surface area contributed by atoms with Crippen LogP contribution in [0.5, 0.6) is 0 Å². The van der Waals surface area contributed by atoms with E-state index < -0.39 is 0 Å². The highest BCUT2D eigenvalue weighted by atomic mass is 35.5. The number of nitrogens with one attached hydrogen (secondary N) is 2. The molecule has 18 heavy (non-hydrogen) atoms. The first-order valence-corrected chi connectivity index (χ1v) is 6.83. The van der Waals surface area contributed by atoms with Crippen LogP contribution in [0.1, 0.15) is 22.2 Å². The Morgan fingerprint density at radius 2 is 2.39 bits per heavy atom. The summed E-state index contributed by atoms with van der Waals surface area (Å²) in [4.78, 5) is 12.7. The summed E-state index contributed by atoms with van der Waals surface area (Å²) >= 11 is 1.48. The minimum Gasteiger partial charge on any atom is -0.391 e. The maximum absolute atomic E-state index is 11.9. The number of thiophene rings is 1. The van der Waals surface area contributed by atoms with Crippen LogP contribution in [0, 0.1) is 5.92 Å². The SMILES string of the molecule is CCc1ccsc1C(=O)NCC1CNCC1O.Cl. The Morgan fingerprint density at radius 3 is 3.00 bits per heavy atom. The fourth-order valence-electron chi connectivity index (χ4n) is 2.04. The second-order valence-corrected chi connectivity index (χ2v) is 5.24. The summed E-state index contributed by atoms with van der Waals surface area (Å²) in [6.45, 7) is 3.98. The van der Waals surface area contributed by atoms with Crippen molar-refractivity contribution < 1.29 is 9.90 Å². The van der Waals surface area contributed by atoms with Gasteiger partial charge in [0.2, 0.25) is 0 Å². The molecule has 1 amide bonds. The Hall–Kier alpha value is -0.620. The highest BCUT2D eigenvalue weighted by molar-refractivity contribution is 7.12. The lowest BCUT2D eigenvalue weighted by Gasteiger charge is -2.13. The van der Waals surface area contributed by atoms with Gasteiger partial charge in [-0.15, -0.1) is 23.7 Å². The lowest BCUT2D eigenvalue weighted by Crippen LogP contribution is -2.34. The monoisotopic (exact) mass is 290 g/mol. The normalized spacial score (nSPS) is 22.6. The van der Waals surface area contributed by atoms with Gasteiger partial charge < -0.3 is 15.7 Å². The number of halogens is 1. The standard InChI is InChI=1S/C12H18N2O2S.ClH/c1-2-8-3-4-17-11(8)12(16)14-6-9-5-13-7-10(9)15;/h3-4,9-10,13,15H,2,5-7H2,1H3,(H,14,16);1H. The summed E-state index contributed by atoms with van der Waals surface area (Å²) in [7, 11) is 0. The van der Waals surface area contributed by atoms with E-state index in [1.807, 2.05) is 18.4 Å². The van der Waals surface area contributed by atoms with Gasteiger partial charge in [-0.3, -0.25) is 4.79 Å². The second-order valence-electron chi connectivity index (χ2n) is 4.32. The van der Waals surface area contributed by atoms with Crippen molar-refractivity contribution in [3.63, 3.8) is 0 Å². The predicted molar refractivity (Wildman–Crippen MR) is 75.6 cm³/mol. The molecule has 2 heterocycles. The average Bonchev–Trinajstić information content (AvgIpc) is 2.94. The largest absolute Gasteiger partial charge is 0.391 e. The smallest absolute Gasteiger partial charge is 0.261 e. The summed E-state index contributed by atoms with van der Waals surface area (Å²) in [6.07, 6.45) is 0.532. The van der Waals surface area contributed by atoms with E-state index >= 15 is 0 Å². The van der Waals surface area contributed by atoms with Crippen molar-refractivity contribution in [2.24, 2.45) is 5.92 Å². The van der Waals surface area contributed by atoms with Gasteiger partial charge in [0.25, 0.3) is 5.91 Å². The number of carbonyl (C=O) groups is 1. The van der Waals surface area contributed by atoms with E-state index in [0.29, 0.717) is 13.1 Å². The number of rotatable bonds is 4. The van der Waals surface area contributed by atoms with E-state index in [0.717, 1.165) is 23.4 Å². The predicted octanol–water partition coefficient (Wildman–Crippen LogP) is 1.04. The fraction of sp³-hybridized carbons (Fsp3) is 0.583. The summed E-state index contributed by atoms with van der Waals surface area (Å²) in [5, 5.41) is 17.6. The van der Waals surface area contributed by atoms with Gasteiger partial charge in [0.1, 0.15) is 0 Å². The maximum atomic E-state index is 11.9. The zero-order valence-electron chi connectivity index (χ0n) is 10.3. The Balaban J connectivity index is 0.00000162. The van der Waals surface area contributed by atoms with Crippen LogP contribution in [-0.2, 0) is 6.42 Å². The number of aliphatic hydroxyl groups is 1. The highest BCUT2D eigenvalue weighted by Gasteiger charge is 2.25. The van der Waals surface area contributed by atoms with Crippen LogP contribution < -0.4 is 10.6 Å². The first-order valence-electron chi connectivity index (χ1n) is 5.95. The van der Waals surface area contributed by atoms with E-state index in [2.05, 4.69) is 10.6 Å². The molecule has 4 nitrogen and oxygen atoms in total. The van der Waals surface area contributed by atoms with Gasteiger partial charge in [-0.05, 0) is 23.4 Å². The van der Waals surface area contributed by atoms with Gasteiger partial charge in [0, 0.05) is 25.6 Å². The molecular formula is C12H19ClN2O2S. The molecule has 0 aromatic carbocycles. The molecule has 2 rings (SSSR count). The minimum absolute atomic E-state index is 0. The molecule has 2 unspecified atom stereocenters. The molecule has 1 fully saturated rings. The number of aryl methyl sites for hydroxylation is 1. The lowest BCUT2D eigenvalue weighted by molar-refractivity contribution is 0.0930. The molecule has 0 aliphatic carbocycles. The molecule has 0 radical (unpaired) electrons. The van der Waals surface area contributed by atoms with E-state index in [9.17, 15) is 9.90 Å². The van der Waals surface area contributed by atoms with E-state index in [-0.39, 0.29) is 30.3 Å². The zero-order valence-corrected chi connectivity index (χ0v) is 11.9. The molecule has 1 aromatic rings. The van der Waals surface area contributed by atoms with Crippen molar-refractivity contribution in [1.82, 2.24) is 10.6 Å². The topological polar surface area (TPSA) is 61.4 Å². The van der Waals surface area contributed by atoms with Crippen molar-refractivity contribution in [3.8, 4) is 0 Å². The molecule has 0 saturated carbocycles. The van der Waals surface area contributed by atoms with E-state index in [1.54, 1.807) is 0 Å². The number of carbonyl (C=O) groups excluding carboxylic acids is 1. The number of hydrogen-bond acceptors (Lipinski definition) is 4. The van der Waals surface area contributed by atoms with Gasteiger partial charge in [-0.25, -0.2) is 0 Å². The van der Waals surface area contributed by atoms with Crippen LogP contribution in [0.25, 0.3) is 0 Å². The van der Waals surface area contributed by atoms with Crippen molar-refractivity contribution in [1.29, 1.82) is 0 Å². The van der Waals surface area contributed by atoms with Crippen LogP contribution >= 0.6 is 23.7 Å². The summed E-state index contributed by atoms with van der Waals surface area (Å²) < 4.78 is 0. The summed E-state index contributed by atoms with van der Waals surface area (Å²) in [5.74, 6) is 0.111.